The van der Waals surface area contributed by atoms with Crippen molar-refractivity contribution >= 4 is 24.0 Å². The molecule has 4 nitrogen and oxygen atoms in total. The summed E-state index contributed by atoms with van der Waals surface area (Å²) >= 11 is 0. The van der Waals surface area contributed by atoms with E-state index in [9.17, 15) is 4.39 Å². The van der Waals surface area contributed by atoms with Crippen LogP contribution in [-0.2, 0) is 12.5 Å². The lowest BCUT2D eigenvalue weighted by molar-refractivity contribution is 0.560. The van der Waals surface area contributed by atoms with Gasteiger partial charge in [0.25, 0.3) is 0 Å². The molecule has 0 unspecified atom stereocenters. The molecule has 132 valence electrons. The topological polar surface area (TPSA) is 34.0 Å². The maximum Gasteiger partial charge on any atom is 0.231 e. The minimum Gasteiger partial charge on any atom is -0.314 e. The standard InChI is InChI=1S/C19H21FN4.ClH/c1-19(2,14-8-6-5-7-9-14)17-21-22-18(24(17)4)23(3)16-12-10-15(20)11-13-16;/h5-13H,1-4H3;1H. The molecule has 2 aromatic carbocycles. The fraction of sp³-hybridized carbons (Fsp3) is 0.263. The SMILES string of the molecule is CN(c1ccc(F)cc1)c1nnc(C(C)(C)c2ccccc2)n1C.Cl. The van der Waals surface area contributed by atoms with Crippen LogP contribution < -0.4 is 4.90 Å². The monoisotopic (exact) mass is 360 g/mol. The molecule has 0 saturated heterocycles. The number of rotatable bonds is 4. The van der Waals surface area contributed by atoms with Crippen LogP contribution >= 0.6 is 12.4 Å². The van der Waals surface area contributed by atoms with E-state index in [4.69, 9.17) is 0 Å². The first-order chi connectivity index (χ1) is 11.4. The molecule has 0 bridgehead atoms. The Labute approximate surface area is 153 Å². The lowest BCUT2D eigenvalue weighted by Gasteiger charge is -2.25. The van der Waals surface area contributed by atoms with Crippen LogP contribution in [0, 0.1) is 5.82 Å². The zero-order chi connectivity index (χ0) is 17.3. The lowest BCUT2D eigenvalue weighted by Crippen LogP contribution is -2.24. The van der Waals surface area contributed by atoms with Gasteiger partial charge in [0.05, 0.1) is 0 Å². The average molecular weight is 361 g/mol. The predicted octanol–water partition coefficient (Wildman–Crippen LogP) is 4.47. The van der Waals surface area contributed by atoms with Crippen LogP contribution in [-0.4, -0.2) is 21.8 Å². The number of nitrogens with zero attached hydrogens (tertiary/aromatic N) is 4. The summed E-state index contributed by atoms with van der Waals surface area (Å²) in [6.07, 6.45) is 0. The van der Waals surface area contributed by atoms with E-state index in [0.29, 0.717) is 5.95 Å². The molecule has 0 atom stereocenters. The Hall–Kier alpha value is -2.40. The molecule has 0 spiro atoms. The molecule has 0 N–H and O–H groups in total. The Morgan fingerprint density at radius 3 is 2.16 bits per heavy atom. The van der Waals surface area contributed by atoms with Crippen molar-refractivity contribution in [2.75, 3.05) is 11.9 Å². The average Bonchev–Trinajstić information content (AvgIpc) is 2.98. The summed E-state index contributed by atoms with van der Waals surface area (Å²) < 4.78 is 15.1. The van der Waals surface area contributed by atoms with Crippen LogP contribution in [0.1, 0.15) is 25.2 Å². The first-order valence-corrected chi connectivity index (χ1v) is 7.86. The molecular weight excluding hydrogens is 339 g/mol. The van der Waals surface area contributed by atoms with Crippen molar-refractivity contribution in [1.29, 1.82) is 0 Å². The number of hydrogen-bond acceptors (Lipinski definition) is 3. The summed E-state index contributed by atoms with van der Waals surface area (Å²) in [6.45, 7) is 4.27. The fourth-order valence-electron chi connectivity index (χ4n) is 2.92. The summed E-state index contributed by atoms with van der Waals surface area (Å²) in [5.74, 6) is 1.33. The zero-order valence-electron chi connectivity index (χ0n) is 14.8. The highest BCUT2D eigenvalue weighted by Gasteiger charge is 2.30. The van der Waals surface area contributed by atoms with Crippen LogP contribution in [0.3, 0.4) is 0 Å². The lowest BCUT2D eigenvalue weighted by atomic mass is 9.84. The largest absolute Gasteiger partial charge is 0.314 e. The van der Waals surface area contributed by atoms with Gasteiger partial charge in [-0.15, -0.1) is 22.6 Å². The van der Waals surface area contributed by atoms with E-state index < -0.39 is 0 Å². The molecule has 3 aromatic rings. The first kappa shape index (κ1) is 18.9. The third-order valence-corrected chi connectivity index (χ3v) is 4.42. The van der Waals surface area contributed by atoms with E-state index in [1.165, 1.54) is 17.7 Å². The Bertz CT molecular complexity index is 828. The third kappa shape index (κ3) is 3.51. The van der Waals surface area contributed by atoms with Crippen LogP contribution in [0.4, 0.5) is 16.0 Å². The second-order valence-electron chi connectivity index (χ2n) is 6.41. The van der Waals surface area contributed by atoms with Crippen molar-refractivity contribution in [3.05, 3.63) is 71.8 Å². The normalized spacial score (nSPS) is 11.1. The molecule has 0 aliphatic rings. The molecule has 25 heavy (non-hydrogen) atoms. The molecule has 3 rings (SSSR count). The molecule has 0 fully saturated rings. The van der Waals surface area contributed by atoms with Gasteiger partial charge in [-0.3, -0.25) is 4.57 Å². The van der Waals surface area contributed by atoms with Crippen molar-refractivity contribution in [2.45, 2.75) is 19.3 Å². The van der Waals surface area contributed by atoms with Crippen molar-refractivity contribution in [3.63, 3.8) is 0 Å². The zero-order valence-corrected chi connectivity index (χ0v) is 15.6. The van der Waals surface area contributed by atoms with Crippen molar-refractivity contribution < 1.29 is 4.39 Å². The summed E-state index contributed by atoms with van der Waals surface area (Å²) in [4.78, 5) is 1.90. The molecule has 0 aliphatic carbocycles. The second kappa shape index (κ2) is 7.23. The summed E-state index contributed by atoms with van der Waals surface area (Å²) in [5.41, 5.74) is 1.76. The van der Waals surface area contributed by atoms with Crippen LogP contribution in [0.5, 0.6) is 0 Å². The van der Waals surface area contributed by atoms with Crippen LogP contribution in [0.25, 0.3) is 0 Å². The molecule has 1 aromatic heterocycles. The van der Waals surface area contributed by atoms with E-state index in [0.717, 1.165) is 11.5 Å². The smallest absolute Gasteiger partial charge is 0.231 e. The second-order valence-corrected chi connectivity index (χ2v) is 6.41. The van der Waals surface area contributed by atoms with Gasteiger partial charge in [-0.2, -0.15) is 0 Å². The summed E-state index contributed by atoms with van der Waals surface area (Å²) in [5, 5.41) is 8.78. The molecule has 0 aliphatic heterocycles. The van der Waals surface area contributed by atoms with Gasteiger partial charge < -0.3 is 4.90 Å². The molecular formula is C19H22ClFN4. The van der Waals surface area contributed by atoms with Gasteiger partial charge >= 0.3 is 0 Å². The fourth-order valence-corrected chi connectivity index (χ4v) is 2.92. The van der Waals surface area contributed by atoms with Crippen molar-refractivity contribution in [1.82, 2.24) is 14.8 Å². The van der Waals surface area contributed by atoms with Gasteiger partial charge in [-0.1, -0.05) is 30.3 Å². The van der Waals surface area contributed by atoms with Gasteiger partial charge in [-0.05, 0) is 43.7 Å². The van der Waals surface area contributed by atoms with E-state index in [2.05, 4.69) is 36.2 Å². The van der Waals surface area contributed by atoms with E-state index in [1.807, 2.05) is 41.8 Å². The number of aromatic nitrogens is 3. The molecule has 0 saturated carbocycles. The minimum absolute atomic E-state index is 0. The van der Waals surface area contributed by atoms with E-state index in [1.54, 1.807) is 12.1 Å². The summed E-state index contributed by atoms with van der Waals surface area (Å²) in [6, 6.07) is 16.6. The Balaban J connectivity index is 0.00000225. The number of benzene rings is 2. The Morgan fingerprint density at radius 1 is 0.960 bits per heavy atom. The predicted molar refractivity (Wildman–Crippen MR) is 101 cm³/mol. The minimum atomic E-state index is -0.273. The number of anilines is 2. The quantitative estimate of drug-likeness (QED) is 0.688. The van der Waals surface area contributed by atoms with Gasteiger partial charge in [0.15, 0.2) is 0 Å². The highest BCUT2D eigenvalue weighted by molar-refractivity contribution is 5.85. The van der Waals surface area contributed by atoms with Gasteiger partial charge in [0.1, 0.15) is 11.6 Å². The van der Waals surface area contributed by atoms with E-state index >= 15 is 0 Å². The molecule has 6 heteroatoms. The third-order valence-electron chi connectivity index (χ3n) is 4.42. The van der Waals surface area contributed by atoms with Gasteiger partial charge in [0.2, 0.25) is 5.95 Å². The highest BCUT2D eigenvalue weighted by Crippen LogP contribution is 2.32. The first-order valence-electron chi connectivity index (χ1n) is 7.86. The Morgan fingerprint density at radius 2 is 1.56 bits per heavy atom. The molecule has 0 radical (unpaired) electrons. The number of hydrogen-bond donors (Lipinski definition) is 0. The summed E-state index contributed by atoms with van der Waals surface area (Å²) in [7, 11) is 3.85. The number of halogens is 2. The molecule has 0 amide bonds. The van der Waals surface area contributed by atoms with E-state index in [-0.39, 0.29) is 23.6 Å². The van der Waals surface area contributed by atoms with Crippen molar-refractivity contribution in [2.24, 2.45) is 7.05 Å². The molecule has 1 heterocycles. The highest BCUT2D eigenvalue weighted by atomic mass is 35.5. The maximum atomic E-state index is 13.1. The maximum absolute atomic E-state index is 13.1. The van der Waals surface area contributed by atoms with Gasteiger partial charge in [0, 0.05) is 25.2 Å². The Kier molecular flexibility index (Phi) is 5.48. The van der Waals surface area contributed by atoms with Crippen LogP contribution in [0.2, 0.25) is 0 Å². The van der Waals surface area contributed by atoms with Gasteiger partial charge in [-0.25, -0.2) is 4.39 Å². The van der Waals surface area contributed by atoms with Crippen LogP contribution in [0.15, 0.2) is 54.6 Å². The van der Waals surface area contributed by atoms with Crippen molar-refractivity contribution in [3.8, 4) is 0 Å².